The molecule has 1 aliphatic heterocycles. The normalized spacial score (nSPS) is 27.1. The van der Waals surface area contributed by atoms with Crippen LogP contribution in [0.2, 0.25) is 0 Å². The van der Waals surface area contributed by atoms with Gasteiger partial charge in [-0.05, 0) is 6.92 Å². The zero-order chi connectivity index (χ0) is 13.2. The lowest BCUT2D eigenvalue weighted by Gasteiger charge is -2.19. The fourth-order valence-electron chi connectivity index (χ4n) is 1.58. The van der Waals surface area contributed by atoms with Crippen LogP contribution in [0.1, 0.15) is 13.3 Å². The molecule has 0 spiro atoms. The highest BCUT2D eigenvalue weighted by Crippen LogP contribution is 2.18. The summed E-state index contributed by atoms with van der Waals surface area (Å²) in [5, 5.41) is 22.5. The fourth-order valence-corrected chi connectivity index (χ4v) is 1.58. The highest BCUT2D eigenvalue weighted by molar-refractivity contribution is 5.92. The van der Waals surface area contributed by atoms with Crippen molar-refractivity contribution in [2.24, 2.45) is 11.7 Å². The Morgan fingerprint density at radius 3 is 2.53 bits per heavy atom. The molecule has 17 heavy (non-hydrogen) atoms. The highest BCUT2D eigenvalue weighted by atomic mass is 16.4. The number of hydrogen-bond acceptors (Lipinski definition) is 5. The third kappa shape index (κ3) is 3.14. The Morgan fingerprint density at radius 2 is 2.18 bits per heavy atom. The largest absolute Gasteiger partial charge is 0.480 e. The second-order valence-electron chi connectivity index (χ2n) is 3.98. The van der Waals surface area contributed by atoms with E-state index >= 15 is 0 Å². The molecule has 0 aliphatic carbocycles. The van der Waals surface area contributed by atoms with E-state index in [0.29, 0.717) is 0 Å². The standard InChI is InChI=1S/C9H15N3O5/c1-3(10)7(14)12-6(9(16)17)4-2-5(13)11-8(4)15/h3-6,13H,2,10H2,1H3,(H,11,15)(H,12,14)(H,16,17)/t3-,4?,5?,6?/m0/s1. The van der Waals surface area contributed by atoms with Gasteiger partial charge in [-0.1, -0.05) is 0 Å². The molecule has 0 aromatic rings. The molecule has 4 atom stereocenters. The smallest absolute Gasteiger partial charge is 0.327 e. The van der Waals surface area contributed by atoms with Gasteiger partial charge in [0, 0.05) is 6.42 Å². The van der Waals surface area contributed by atoms with Crippen molar-refractivity contribution in [1.82, 2.24) is 10.6 Å². The van der Waals surface area contributed by atoms with Gasteiger partial charge in [0.05, 0.1) is 12.0 Å². The average molecular weight is 245 g/mol. The van der Waals surface area contributed by atoms with E-state index in [9.17, 15) is 19.5 Å². The first-order chi connectivity index (χ1) is 7.82. The summed E-state index contributed by atoms with van der Waals surface area (Å²) in [5.41, 5.74) is 5.29. The Labute approximate surface area is 97.2 Å². The van der Waals surface area contributed by atoms with Crippen molar-refractivity contribution in [2.75, 3.05) is 0 Å². The second kappa shape index (κ2) is 5.11. The van der Waals surface area contributed by atoms with Gasteiger partial charge >= 0.3 is 5.97 Å². The number of hydrogen-bond donors (Lipinski definition) is 5. The monoisotopic (exact) mass is 245 g/mol. The molecular weight excluding hydrogens is 230 g/mol. The molecule has 1 aliphatic rings. The van der Waals surface area contributed by atoms with E-state index in [1.165, 1.54) is 6.92 Å². The van der Waals surface area contributed by atoms with Crippen molar-refractivity contribution in [3.05, 3.63) is 0 Å². The van der Waals surface area contributed by atoms with E-state index in [1.54, 1.807) is 0 Å². The van der Waals surface area contributed by atoms with Crippen molar-refractivity contribution in [3.63, 3.8) is 0 Å². The number of aliphatic hydroxyl groups excluding tert-OH is 1. The molecule has 8 nitrogen and oxygen atoms in total. The maximum absolute atomic E-state index is 11.4. The van der Waals surface area contributed by atoms with E-state index in [4.69, 9.17) is 10.8 Å². The van der Waals surface area contributed by atoms with Crippen molar-refractivity contribution in [3.8, 4) is 0 Å². The average Bonchev–Trinajstić information content (AvgIpc) is 2.53. The van der Waals surface area contributed by atoms with Crippen LogP contribution in [0.3, 0.4) is 0 Å². The minimum atomic E-state index is -1.38. The number of carboxylic acids is 1. The Bertz CT molecular complexity index is 344. The third-order valence-electron chi connectivity index (χ3n) is 2.50. The molecule has 96 valence electrons. The predicted molar refractivity (Wildman–Crippen MR) is 55.5 cm³/mol. The third-order valence-corrected chi connectivity index (χ3v) is 2.50. The second-order valence-corrected chi connectivity index (χ2v) is 3.98. The summed E-state index contributed by atoms with van der Waals surface area (Å²) in [6.45, 7) is 1.40. The maximum Gasteiger partial charge on any atom is 0.327 e. The van der Waals surface area contributed by atoms with Crippen molar-refractivity contribution < 1.29 is 24.6 Å². The summed E-state index contributed by atoms with van der Waals surface area (Å²) in [6, 6.07) is -2.25. The zero-order valence-electron chi connectivity index (χ0n) is 9.21. The molecule has 1 heterocycles. The number of nitrogens with two attached hydrogens (primary N) is 1. The lowest BCUT2D eigenvalue weighted by atomic mass is 9.97. The number of aliphatic carboxylic acids is 1. The molecule has 1 fully saturated rings. The number of aliphatic hydroxyl groups is 1. The summed E-state index contributed by atoms with van der Waals surface area (Å²) >= 11 is 0. The van der Waals surface area contributed by atoms with Crippen molar-refractivity contribution >= 4 is 17.8 Å². The van der Waals surface area contributed by atoms with Crippen molar-refractivity contribution in [1.29, 1.82) is 0 Å². The van der Waals surface area contributed by atoms with E-state index < -0.39 is 42.0 Å². The number of rotatable bonds is 4. The summed E-state index contributed by atoms with van der Waals surface area (Å²) in [4.78, 5) is 33.7. The molecule has 0 aromatic carbocycles. The number of nitrogens with one attached hydrogen (secondary N) is 2. The number of carbonyl (C=O) groups excluding carboxylic acids is 2. The minimum Gasteiger partial charge on any atom is -0.480 e. The molecule has 0 saturated carbocycles. The van der Waals surface area contributed by atoms with Crippen LogP contribution in [-0.4, -0.2) is 46.3 Å². The molecule has 0 radical (unpaired) electrons. The summed E-state index contributed by atoms with van der Waals surface area (Å²) < 4.78 is 0. The molecule has 1 saturated heterocycles. The van der Waals surface area contributed by atoms with Gasteiger partial charge < -0.3 is 26.6 Å². The molecular formula is C9H15N3O5. The van der Waals surface area contributed by atoms with Crippen LogP contribution in [0.25, 0.3) is 0 Å². The summed E-state index contributed by atoms with van der Waals surface area (Å²) in [5.74, 6) is -3.60. The maximum atomic E-state index is 11.4. The van der Waals surface area contributed by atoms with E-state index in [0.717, 1.165) is 0 Å². The van der Waals surface area contributed by atoms with Crippen molar-refractivity contribution in [2.45, 2.75) is 31.7 Å². The van der Waals surface area contributed by atoms with Gasteiger partial charge in [0.2, 0.25) is 11.8 Å². The van der Waals surface area contributed by atoms with Gasteiger partial charge in [-0.15, -0.1) is 0 Å². The Kier molecular flexibility index (Phi) is 4.02. The molecule has 3 unspecified atom stereocenters. The molecule has 0 bridgehead atoms. The van der Waals surface area contributed by atoms with E-state index in [1.807, 2.05) is 0 Å². The molecule has 2 amide bonds. The first-order valence-electron chi connectivity index (χ1n) is 5.10. The summed E-state index contributed by atoms with van der Waals surface area (Å²) in [7, 11) is 0. The number of amides is 2. The van der Waals surface area contributed by atoms with Crippen LogP contribution in [0.15, 0.2) is 0 Å². The van der Waals surface area contributed by atoms with E-state index in [2.05, 4.69) is 10.6 Å². The fraction of sp³-hybridized carbons (Fsp3) is 0.667. The van der Waals surface area contributed by atoms with Gasteiger partial charge in [-0.25, -0.2) is 4.79 Å². The topological polar surface area (TPSA) is 142 Å². The van der Waals surface area contributed by atoms with Crippen LogP contribution >= 0.6 is 0 Å². The Morgan fingerprint density at radius 1 is 1.59 bits per heavy atom. The Balaban J connectivity index is 2.76. The lowest BCUT2D eigenvalue weighted by Crippen LogP contribution is -2.52. The quantitative estimate of drug-likeness (QED) is 0.366. The van der Waals surface area contributed by atoms with Gasteiger partial charge in [0.25, 0.3) is 0 Å². The van der Waals surface area contributed by atoms with E-state index in [-0.39, 0.29) is 6.42 Å². The van der Waals surface area contributed by atoms with Crippen LogP contribution in [0.5, 0.6) is 0 Å². The molecule has 8 heteroatoms. The van der Waals surface area contributed by atoms with Gasteiger partial charge in [-0.2, -0.15) is 0 Å². The SMILES string of the molecule is C[C@H](N)C(=O)NC(C(=O)O)C1CC(O)NC1=O. The number of carboxylic acid groups (broad SMARTS) is 1. The lowest BCUT2D eigenvalue weighted by molar-refractivity contribution is -0.145. The van der Waals surface area contributed by atoms with Crippen LogP contribution in [0, 0.1) is 5.92 Å². The van der Waals surface area contributed by atoms with Crippen LogP contribution in [0.4, 0.5) is 0 Å². The summed E-state index contributed by atoms with van der Waals surface area (Å²) in [6.07, 6.45) is -1.14. The molecule has 0 aromatic heterocycles. The zero-order valence-corrected chi connectivity index (χ0v) is 9.21. The first kappa shape index (κ1) is 13.4. The molecule has 6 N–H and O–H groups in total. The Hall–Kier alpha value is -1.67. The molecule has 1 rings (SSSR count). The minimum absolute atomic E-state index is 0.0605. The number of carbonyl (C=O) groups is 3. The highest BCUT2D eigenvalue weighted by Gasteiger charge is 2.41. The first-order valence-corrected chi connectivity index (χ1v) is 5.10. The predicted octanol–water partition coefficient (Wildman–Crippen LogP) is -2.64. The van der Waals surface area contributed by atoms with Crippen LogP contribution < -0.4 is 16.4 Å². The van der Waals surface area contributed by atoms with Crippen LogP contribution in [-0.2, 0) is 14.4 Å². The van der Waals surface area contributed by atoms with Gasteiger partial charge in [-0.3, -0.25) is 9.59 Å². The van der Waals surface area contributed by atoms with Gasteiger partial charge in [0.15, 0.2) is 0 Å². The van der Waals surface area contributed by atoms with Gasteiger partial charge in [0.1, 0.15) is 12.3 Å².